The summed E-state index contributed by atoms with van der Waals surface area (Å²) in [7, 11) is 0. The van der Waals surface area contributed by atoms with Crippen LogP contribution in [-0.4, -0.2) is 29.1 Å². The SMILES string of the molecule is CCN(CC(C)C)c1cc(C(=O)O)c(F)cc1[N+](=O)[O-]. The van der Waals surface area contributed by atoms with Crippen LogP contribution in [0.25, 0.3) is 0 Å². The van der Waals surface area contributed by atoms with Crippen molar-refractivity contribution in [1.82, 2.24) is 0 Å². The fourth-order valence-corrected chi connectivity index (χ4v) is 1.95. The number of hydrogen-bond donors (Lipinski definition) is 1. The van der Waals surface area contributed by atoms with Gasteiger partial charge in [0.25, 0.3) is 5.69 Å². The standard InChI is InChI=1S/C13H17FN2O4/c1-4-15(7-8(2)3)11-5-9(13(17)18)10(14)6-12(11)16(19)20/h5-6,8H,4,7H2,1-3H3,(H,17,18). The Morgan fingerprint density at radius 1 is 1.50 bits per heavy atom. The molecule has 20 heavy (non-hydrogen) atoms. The minimum atomic E-state index is -1.45. The zero-order valence-corrected chi connectivity index (χ0v) is 11.6. The van der Waals surface area contributed by atoms with E-state index >= 15 is 0 Å². The fourth-order valence-electron chi connectivity index (χ4n) is 1.95. The van der Waals surface area contributed by atoms with E-state index in [0.717, 1.165) is 6.07 Å². The van der Waals surface area contributed by atoms with E-state index in [0.29, 0.717) is 19.2 Å². The first-order valence-corrected chi connectivity index (χ1v) is 6.24. The molecule has 6 nitrogen and oxygen atoms in total. The van der Waals surface area contributed by atoms with Gasteiger partial charge in [-0.2, -0.15) is 0 Å². The maximum Gasteiger partial charge on any atom is 0.338 e. The van der Waals surface area contributed by atoms with Gasteiger partial charge in [-0.15, -0.1) is 0 Å². The number of anilines is 1. The van der Waals surface area contributed by atoms with E-state index in [-0.39, 0.29) is 11.6 Å². The number of halogens is 1. The molecule has 1 aromatic rings. The monoisotopic (exact) mass is 284 g/mol. The Morgan fingerprint density at radius 2 is 2.10 bits per heavy atom. The molecule has 0 heterocycles. The van der Waals surface area contributed by atoms with E-state index in [4.69, 9.17) is 5.11 Å². The van der Waals surface area contributed by atoms with Crippen LogP contribution >= 0.6 is 0 Å². The molecule has 0 unspecified atom stereocenters. The highest BCUT2D eigenvalue weighted by Crippen LogP contribution is 2.31. The van der Waals surface area contributed by atoms with Gasteiger partial charge in [-0.05, 0) is 18.9 Å². The summed E-state index contributed by atoms with van der Waals surface area (Å²) in [5, 5.41) is 20.0. The number of rotatable bonds is 6. The highest BCUT2D eigenvalue weighted by molar-refractivity contribution is 5.90. The van der Waals surface area contributed by atoms with Gasteiger partial charge >= 0.3 is 5.97 Å². The van der Waals surface area contributed by atoms with Crippen LogP contribution in [0.4, 0.5) is 15.8 Å². The topological polar surface area (TPSA) is 83.7 Å². The van der Waals surface area contributed by atoms with Crippen LogP contribution in [0, 0.1) is 21.8 Å². The van der Waals surface area contributed by atoms with Gasteiger partial charge in [-0.3, -0.25) is 10.1 Å². The second-order valence-corrected chi connectivity index (χ2v) is 4.82. The summed E-state index contributed by atoms with van der Waals surface area (Å²) in [4.78, 5) is 23.0. The Morgan fingerprint density at radius 3 is 2.50 bits per heavy atom. The fraction of sp³-hybridized carbons (Fsp3) is 0.462. The number of carboxylic acid groups (broad SMARTS) is 1. The first-order valence-electron chi connectivity index (χ1n) is 6.24. The normalized spacial score (nSPS) is 10.7. The number of nitro benzene ring substituents is 1. The second kappa shape index (κ2) is 6.31. The lowest BCUT2D eigenvalue weighted by Gasteiger charge is -2.25. The minimum Gasteiger partial charge on any atom is -0.478 e. The molecule has 0 spiro atoms. The van der Waals surface area contributed by atoms with Gasteiger partial charge < -0.3 is 10.0 Å². The molecule has 0 radical (unpaired) electrons. The first kappa shape index (κ1) is 15.9. The summed E-state index contributed by atoms with van der Waals surface area (Å²) in [5.41, 5.74) is -0.854. The predicted molar refractivity (Wildman–Crippen MR) is 72.7 cm³/mol. The second-order valence-electron chi connectivity index (χ2n) is 4.82. The summed E-state index contributed by atoms with van der Waals surface area (Å²) >= 11 is 0. The van der Waals surface area contributed by atoms with Crippen molar-refractivity contribution in [3.05, 3.63) is 33.6 Å². The van der Waals surface area contributed by atoms with E-state index in [9.17, 15) is 19.3 Å². The van der Waals surface area contributed by atoms with Crippen LogP contribution in [0.15, 0.2) is 12.1 Å². The maximum atomic E-state index is 13.6. The van der Waals surface area contributed by atoms with Crippen LogP contribution < -0.4 is 4.90 Å². The lowest BCUT2D eigenvalue weighted by molar-refractivity contribution is -0.384. The number of benzene rings is 1. The molecule has 1 N–H and O–H groups in total. The quantitative estimate of drug-likeness (QED) is 0.641. The molecule has 0 saturated carbocycles. The molecule has 0 aromatic heterocycles. The van der Waals surface area contributed by atoms with Crippen LogP contribution in [0.3, 0.4) is 0 Å². The zero-order valence-electron chi connectivity index (χ0n) is 11.6. The predicted octanol–water partition coefficient (Wildman–Crippen LogP) is 2.91. The van der Waals surface area contributed by atoms with E-state index in [1.54, 1.807) is 11.8 Å². The lowest BCUT2D eigenvalue weighted by Crippen LogP contribution is -2.28. The summed E-state index contributed by atoms with van der Waals surface area (Å²) in [6.45, 7) is 6.66. The van der Waals surface area contributed by atoms with E-state index in [1.165, 1.54) is 0 Å². The third kappa shape index (κ3) is 3.43. The molecule has 0 fully saturated rings. The van der Waals surface area contributed by atoms with Crippen molar-refractivity contribution in [1.29, 1.82) is 0 Å². The smallest absolute Gasteiger partial charge is 0.338 e. The largest absolute Gasteiger partial charge is 0.478 e. The summed E-state index contributed by atoms with van der Waals surface area (Å²) in [6, 6.07) is 1.70. The highest BCUT2D eigenvalue weighted by Gasteiger charge is 2.25. The molecular weight excluding hydrogens is 267 g/mol. The number of hydrogen-bond acceptors (Lipinski definition) is 4. The molecule has 1 rings (SSSR count). The highest BCUT2D eigenvalue weighted by atomic mass is 19.1. The number of carbonyl (C=O) groups is 1. The molecule has 7 heteroatoms. The van der Waals surface area contributed by atoms with Crippen LogP contribution in [0.5, 0.6) is 0 Å². The van der Waals surface area contributed by atoms with Crippen molar-refractivity contribution in [3.63, 3.8) is 0 Å². The third-order valence-corrected chi connectivity index (χ3v) is 2.80. The third-order valence-electron chi connectivity index (χ3n) is 2.80. The van der Waals surface area contributed by atoms with Gasteiger partial charge in [0.05, 0.1) is 16.6 Å². The van der Waals surface area contributed by atoms with Gasteiger partial charge in [0, 0.05) is 13.1 Å². The van der Waals surface area contributed by atoms with Gasteiger partial charge in [0.1, 0.15) is 11.5 Å². The molecule has 0 amide bonds. The molecule has 0 aliphatic rings. The molecule has 0 bridgehead atoms. The summed E-state index contributed by atoms with van der Waals surface area (Å²) < 4.78 is 13.6. The lowest BCUT2D eigenvalue weighted by atomic mass is 10.1. The Bertz CT molecular complexity index is 531. The van der Waals surface area contributed by atoms with Crippen molar-refractivity contribution < 1.29 is 19.2 Å². The number of nitro groups is 1. The summed E-state index contributed by atoms with van der Waals surface area (Å²) in [5.74, 6) is -2.32. The maximum absolute atomic E-state index is 13.6. The van der Waals surface area contributed by atoms with Gasteiger partial charge in [-0.1, -0.05) is 13.8 Å². The van der Waals surface area contributed by atoms with E-state index in [1.807, 2.05) is 13.8 Å². The number of nitrogens with zero attached hydrogens (tertiary/aromatic N) is 2. The molecule has 110 valence electrons. The van der Waals surface area contributed by atoms with E-state index < -0.39 is 28.0 Å². The van der Waals surface area contributed by atoms with Crippen molar-refractivity contribution in [2.45, 2.75) is 20.8 Å². The average Bonchev–Trinajstić information content (AvgIpc) is 2.35. The minimum absolute atomic E-state index is 0.130. The van der Waals surface area contributed by atoms with Crippen molar-refractivity contribution in [2.75, 3.05) is 18.0 Å². The Labute approximate surface area is 116 Å². The van der Waals surface area contributed by atoms with Crippen LogP contribution in [-0.2, 0) is 0 Å². The molecule has 0 atom stereocenters. The van der Waals surface area contributed by atoms with Crippen LogP contribution in [0.2, 0.25) is 0 Å². The van der Waals surface area contributed by atoms with Crippen molar-refractivity contribution >= 4 is 17.3 Å². The average molecular weight is 284 g/mol. The molecule has 0 aliphatic heterocycles. The Balaban J connectivity index is 3.43. The Hall–Kier alpha value is -2.18. The number of aromatic carboxylic acids is 1. The van der Waals surface area contributed by atoms with Crippen LogP contribution in [0.1, 0.15) is 31.1 Å². The molecule has 0 aliphatic carbocycles. The molecule has 0 saturated heterocycles. The molecular formula is C13H17FN2O4. The van der Waals surface area contributed by atoms with Crippen molar-refractivity contribution in [2.24, 2.45) is 5.92 Å². The van der Waals surface area contributed by atoms with Gasteiger partial charge in [0.15, 0.2) is 0 Å². The zero-order chi connectivity index (χ0) is 15.4. The first-order chi connectivity index (χ1) is 9.27. The summed E-state index contributed by atoms with van der Waals surface area (Å²) in [6.07, 6.45) is 0. The van der Waals surface area contributed by atoms with Gasteiger partial charge in [-0.25, -0.2) is 9.18 Å². The van der Waals surface area contributed by atoms with E-state index in [2.05, 4.69) is 0 Å². The molecule has 1 aromatic carbocycles. The number of carboxylic acids is 1. The van der Waals surface area contributed by atoms with Gasteiger partial charge in [0.2, 0.25) is 0 Å². The Kier molecular flexibility index (Phi) is 5.01. The van der Waals surface area contributed by atoms with Crippen molar-refractivity contribution in [3.8, 4) is 0 Å².